The van der Waals surface area contributed by atoms with Gasteiger partial charge < -0.3 is 15.2 Å². The SMILES string of the molecule is C=C(CN(c1cc(NC(=O)OC(C)C)ccc1O)S(=O)(=O)c1ccc(F)c(Cl)c1)C(C)NC(C)=O. The van der Waals surface area contributed by atoms with E-state index in [0.29, 0.717) is 0 Å². The molecular weight excluding hydrogens is 501 g/mol. The molecule has 190 valence electrons. The zero-order valence-corrected chi connectivity index (χ0v) is 21.2. The lowest BCUT2D eigenvalue weighted by molar-refractivity contribution is -0.119. The molecule has 12 heteroatoms. The molecule has 1 unspecified atom stereocenters. The van der Waals surface area contributed by atoms with Crippen molar-refractivity contribution in [3.05, 3.63) is 59.4 Å². The summed E-state index contributed by atoms with van der Waals surface area (Å²) in [7, 11) is -4.43. The summed E-state index contributed by atoms with van der Waals surface area (Å²) in [5.74, 6) is -1.58. The van der Waals surface area contributed by atoms with Crippen LogP contribution >= 0.6 is 11.6 Å². The Balaban J connectivity index is 2.58. The van der Waals surface area contributed by atoms with Gasteiger partial charge >= 0.3 is 6.09 Å². The average Bonchev–Trinajstić information content (AvgIpc) is 2.74. The number of phenolic OH excluding ortho intramolecular Hbond substituents is 1. The molecule has 0 aliphatic rings. The quantitative estimate of drug-likeness (QED) is 0.327. The number of anilines is 2. The van der Waals surface area contributed by atoms with Crippen LogP contribution in [0.4, 0.5) is 20.6 Å². The van der Waals surface area contributed by atoms with Crippen LogP contribution in [-0.2, 0) is 19.6 Å². The molecule has 1 atom stereocenters. The number of halogens is 2. The van der Waals surface area contributed by atoms with Crippen molar-refractivity contribution in [1.29, 1.82) is 0 Å². The second kappa shape index (κ2) is 11.4. The van der Waals surface area contributed by atoms with Crippen molar-refractivity contribution in [3.63, 3.8) is 0 Å². The van der Waals surface area contributed by atoms with Crippen LogP contribution in [0.3, 0.4) is 0 Å². The van der Waals surface area contributed by atoms with E-state index in [0.717, 1.165) is 22.5 Å². The molecule has 0 saturated heterocycles. The van der Waals surface area contributed by atoms with Crippen molar-refractivity contribution in [1.82, 2.24) is 5.32 Å². The maximum Gasteiger partial charge on any atom is 0.411 e. The van der Waals surface area contributed by atoms with Crippen LogP contribution < -0.4 is 14.9 Å². The number of hydrogen-bond acceptors (Lipinski definition) is 6. The van der Waals surface area contributed by atoms with Gasteiger partial charge in [0.05, 0.1) is 28.3 Å². The van der Waals surface area contributed by atoms with Gasteiger partial charge in [0, 0.05) is 18.7 Å². The van der Waals surface area contributed by atoms with Gasteiger partial charge in [-0.05, 0) is 62.7 Å². The fourth-order valence-electron chi connectivity index (χ4n) is 2.95. The third-order valence-corrected chi connectivity index (χ3v) is 6.74. The number of ether oxygens (including phenoxy) is 1. The first kappa shape index (κ1) is 27.9. The van der Waals surface area contributed by atoms with E-state index in [2.05, 4.69) is 17.2 Å². The molecule has 2 rings (SSSR count). The number of carbonyl (C=O) groups is 2. The van der Waals surface area contributed by atoms with Crippen molar-refractivity contribution < 1.29 is 32.2 Å². The Morgan fingerprint density at radius 1 is 1.20 bits per heavy atom. The van der Waals surface area contributed by atoms with E-state index in [1.807, 2.05) is 0 Å². The monoisotopic (exact) mass is 527 g/mol. The van der Waals surface area contributed by atoms with E-state index in [1.54, 1.807) is 20.8 Å². The highest BCUT2D eigenvalue weighted by molar-refractivity contribution is 7.92. The average molecular weight is 528 g/mol. The molecule has 0 fully saturated rings. The van der Waals surface area contributed by atoms with Gasteiger partial charge in [-0.25, -0.2) is 17.6 Å². The molecule has 9 nitrogen and oxygen atoms in total. The minimum absolute atomic E-state index is 0.140. The summed E-state index contributed by atoms with van der Waals surface area (Å²) >= 11 is 5.81. The molecule has 2 aromatic rings. The second-order valence-corrected chi connectivity index (χ2v) is 10.2. The van der Waals surface area contributed by atoms with Crippen molar-refractivity contribution in [2.75, 3.05) is 16.2 Å². The molecule has 0 radical (unpaired) electrons. The highest BCUT2D eigenvalue weighted by Gasteiger charge is 2.30. The summed E-state index contributed by atoms with van der Waals surface area (Å²) in [5.41, 5.74) is 0.222. The van der Waals surface area contributed by atoms with Crippen LogP contribution in [0.5, 0.6) is 5.75 Å². The molecule has 0 aliphatic heterocycles. The van der Waals surface area contributed by atoms with Gasteiger partial charge in [0.1, 0.15) is 11.6 Å². The highest BCUT2D eigenvalue weighted by Crippen LogP contribution is 2.35. The van der Waals surface area contributed by atoms with Gasteiger partial charge in [-0.2, -0.15) is 0 Å². The zero-order chi connectivity index (χ0) is 26.5. The van der Waals surface area contributed by atoms with Crippen LogP contribution in [0, 0.1) is 5.82 Å². The number of nitrogens with one attached hydrogen (secondary N) is 2. The molecule has 2 amide bonds. The first-order chi connectivity index (χ1) is 16.2. The Morgan fingerprint density at radius 2 is 1.86 bits per heavy atom. The maximum absolute atomic E-state index is 13.7. The number of phenols is 1. The number of hydrogen-bond donors (Lipinski definition) is 3. The zero-order valence-electron chi connectivity index (χ0n) is 19.6. The number of benzene rings is 2. The van der Waals surface area contributed by atoms with Crippen LogP contribution in [0.1, 0.15) is 27.7 Å². The Bertz CT molecular complexity index is 1240. The third-order valence-electron chi connectivity index (χ3n) is 4.69. The summed E-state index contributed by atoms with van der Waals surface area (Å²) in [6.07, 6.45) is -1.18. The Kier molecular flexibility index (Phi) is 9.11. The molecule has 0 saturated carbocycles. The number of carbonyl (C=O) groups excluding carboxylic acids is 2. The molecule has 0 spiro atoms. The minimum Gasteiger partial charge on any atom is -0.506 e. The van der Waals surface area contributed by atoms with Crippen molar-refractivity contribution in [3.8, 4) is 5.75 Å². The van der Waals surface area contributed by atoms with Crippen molar-refractivity contribution in [2.45, 2.75) is 44.7 Å². The standard InChI is InChI=1S/C23H27ClFN3O6S/c1-13(2)34-23(31)27-17-6-9-22(30)21(10-17)28(12-14(3)15(4)26-16(5)29)35(32,33)18-7-8-20(25)19(24)11-18/h6-11,13,15,30H,3,12H2,1-2,4-5H3,(H,26,29)(H,27,31). The summed E-state index contributed by atoms with van der Waals surface area (Å²) in [6, 6.07) is 6.04. The molecule has 0 aromatic heterocycles. The molecule has 0 aliphatic carbocycles. The van der Waals surface area contributed by atoms with Crippen LogP contribution in [0.15, 0.2) is 53.4 Å². The predicted molar refractivity (Wildman–Crippen MR) is 132 cm³/mol. The van der Waals surface area contributed by atoms with Gasteiger partial charge in [-0.1, -0.05) is 18.2 Å². The summed E-state index contributed by atoms with van der Waals surface area (Å²) in [5, 5.41) is 15.2. The van der Waals surface area contributed by atoms with E-state index in [1.165, 1.54) is 25.1 Å². The van der Waals surface area contributed by atoms with E-state index >= 15 is 0 Å². The third kappa shape index (κ3) is 7.33. The minimum atomic E-state index is -4.43. The largest absolute Gasteiger partial charge is 0.506 e. The van der Waals surface area contributed by atoms with E-state index in [-0.39, 0.29) is 34.3 Å². The molecule has 35 heavy (non-hydrogen) atoms. The lowest BCUT2D eigenvalue weighted by Crippen LogP contribution is -2.39. The van der Waals surface area contributed by atoms with Crippen LogP contribution in [-0.4, -0.2) is 44.2 Å². The smallest absolute Gasteiger partial charge is 0.411 e. The molecule has 3 N–H and O–H groups in total. The first-order valence-corrected chi connectivity index (χ1v) is 12.3. The van der Waals surface area contributed by atoms with Gasteiger partial charge in [-0.15, -0.1) is 0 Å². The number of sulfonamides is 1. The van der Waals surface area contributed by atoms with Gasteiger partial charge in [0.2, 0.25) is 5.91 Å². The fourth-order valence-corrected chi connectivity index (χ4v) is 4.70. The Labute approximate surface area is 208 Å². The topological polar surface area (TPSA) is 125 Å². The summed E-state index contributed by atoms with van der Waals surface area (Å²) in [6.45, 7) is 9.73. The van der Waals surface area contributed by atoms with E-state index in [9.17, 15) is 27.5 Å². The van der Waals surface area contributed by atoms with Crippen LogP contribution in [0.2, 0.25) is 5.02 Å². The number of amides is 2. The molecule has 2 aromatic carbocycles. The second-order valence-electron chi connectivity index (χ2n) is 7.95. The van der Waals surface area contributed by atoms with E-state index < -0.39 is 44.9 Å². The Hall–Kier alpha value is -3.31. The highest BCUT2D eigenvalue weighted by atomic mass is 35.5. The first-order valence-electron chi connectivity index (χ1n) is 10.5. The van der Waals surface area contributed by atoms with Crippen LogP contribution in [0.25, 0.3) is 0 Å². The van der Waals surface area contributed by atoms with E-state index in [4.69, 9.17) is 16.3 Å². The summed E-state index contributed by atoms with van der Waals surface area (Å²) < 4.78 is 46.7. The fraction of sp³-hybridized carbons (Fsp3) is 0.304. The van der Waals surface area contributed by atoms with Gasteiger partial charge in [0.25, 0.3) is 10.0 Å². The van der Waals surface area contributed by atoms with Crippen molar-refractivity contribution in [2.24, 2.45) is 0 Å². The number of rotatable bonds is 9. The predicted octanol–water partition coefficient (Wildman–Crippen LogP) is 4.42. The van der Waals surface area contributed by atoms with Crippen molar-refractivity contribution >= 4 is 45.0 Å². The molecule has 0 heterocycles. The lowest BCUT2D eigenvalue weighted by atomic mass is 10.1. The molecule has 0 bridgehead atoms. The number of nitrogens with zero attached hydrogens (tertiary/aromatic N) is 1. The Morgan fingerprint density at radius 3 is 2.43 bits per heavy atom. The summed E-state index contributed by atoms with van der Waals surface area (Å²) in [4.78, 5) is 23.1. The van der Waals surface area contributed by atoms with Gasteiger partial charge in [0.15, 0.2) is 0 Å². The normalized spacial score (nSPS) is 12.1. The number of aromatic hydroxyl groups is 1. The lowest BCUT2D eigenvalue weighted by Gasteiger charge is -2.28. The maximum atomic E-state index is 13.7. The molecular formula is C23H27ClFN3O6S. The van der Waals surface area contributed by atoms with Gasteiger partial charge in [-0.3, -0.25) is 14.4 Å².